The second kappa shape index (κ2) is 27.7. The molecule has 3 spiro atoms. The number of hydrogen-bond acceptors (Lipinski definition) is 3. The quantitative estimate of drug-likeness (QED) is 0.156. The molecule has 12 saturated carbocycles. The summed E-state index contributed by atoms with van der Waals surface area (Å²) in [6.45, 7) is 0. The number of nitrogens with zero attached hydrogens (tertiary/aromatic N) is 3. The van der Waals surface area contributed by atoms with E-state index in [2.05, 4.69) is 319 Å². The van der Waals surface area contributed by atoms with Gasteiger partial charge in [-0.3, -0.25) is 15.0 Å². The molecule has 606 valence electrons. The van der Waals surface area contributed by atoms with Crippen LogP contribution in [0.1, 0.15) is 130 Å². The fraction of sp³-hybridized carbons (Fsp3) is 0.244. The van der Waals surface area contributed by atoms with Crippen molar-refractivity contribution in [3.63, 3.8) is 0 Å². The minimum Gasteiger partial charge on any atom is -0.265 e. The van der Waals surface area contributed by atoms with E-state index in [1.807, 2.05) is 37.1 Å². The van der Waals surface area contributed by atoms with Crippen molar-refractivity contribution in [3.05, 3.63) is 380 Å². The second-order valence-corrected chi connectivity index (χ2v) is 40.7. The van der Waals surface area contributed by atoms with Crippen molar-refractivity contribution in [2.45, 2.75) is 113 Å². The Balaban J connectivity index is 0.0000000961. The molecule has 0 N–H and O–H groups in total. The number of benzene rings is 15. The van der Waals surface area contributed by atoms with E-state index in [1.165, 1.54) is 256 Å². The molecule has 3 aromatic heterocycles. The molecule has 3 heterocycles. The van der Waals surface area contributed by atoms with Crippen LogP contribution in [0.15, 0.2) is 346 Å². The lowest BCUT2D eigenvalue weighted by Crippen LogP contribution is -2.55. The minimum atomic E-state index is 0.175. The van der Waals surface area contributed by atoms with Gasteiger partial charge in [-0.05, 0) is 397 Å². The largest absolute Gasteiger partial charge is 0.265 e. The van der Waals surface area contributed by atoms with Gasteiger partial charge in [-0.25, -0.2) is 0 Å². The summed E-state index contributed by atoms with van der Waals surface area (Å²) in [5.74, 6) is 10.3. The van der Waals surface area contributed by atoms with Crippen LogP contribution in [-0.4, -0.2) is 15.0 Å². The lowest BCUT2D eigenvalue weighted by Gasteiger charge is -2.61. The van der Waals surface area contributed by atoms with Crippen LogP contribution in [0, 0.1) is 71.0 Å². The molecule has 15 aliphatic rings. The number of rotatable bonds is 6. The zero-order chi connectivity index (χ0) is 82.2. The lowest BCUT2D eigenvalue weighted by atomic mass is 9.43. The Bertz CT molecular complexity index is 6610. The Labute approximate surface area is 738 Å². The van der Waals surface area contributed by atoms with Gasteiger partial charge in [-0.1, -0.05) is 267 Å². The third-order valence-electron chi connectivity index (χ3n) is 35.2. The summed E-state index contributed by atoms with van der Waals surface area (Å²) in [5.41, 5.74) is 34.7. The molecule has 18 aromatic rings. The van der Waals surface area contributed by atoms with Gasteiger partial charge in [0.1, 0.15) is 0 Å². The number of fused-ring (bicyclic) bond motifs is 15. The highest BCUT2D eigenvalue weighted by Gasteiger charge is 2.65. The van der Waals surface area contributed by atoms with Crippen LogP contribution in [0.4, 0.5) is 0 Å². The number of aromatic nitrogens is 3. The van der Waals surface area contributed by atoms with Crippen LogP contribution in [0.5, 0.6) is 0 Å². The maximum absolute atomic E-state index is 4.82. The zero-order valence-electron chi connectivity index (χ0n) is 71.3. The van der Waals surface area contributed by atoms with Crippen molar-refractivity contribution in [3.8, 4) is 100 Å². The SMILES string of the molecule is c1ccc(-c2c3ccccc3c(-c3ccc4c(c3)C3(c5ccccc5-4)C4CC5CC(C4)CC3C5)c3ccccc23)nc1.c1ccc2c(c1)-c1ccc(-c3c4ccccc4c(-c4ccncc4)c4ccccc34)cc1C21C2CC3CC(C2)CC1C3.c1cncc(-c2c3ccccc3c(-c3ccc4c(c3)C3(c5ccccc5-4)C4CC5CC(C4)CC3C5)c3ccccc23)c1. The Morgan fingerprint density at radius 2 is 0.452 bits per heavy atom. The number of pyridine rings is 3. The van der Waals surface area contributed by atoms with Gasteiger partial charge in [0.05, 0.1) is 5.69 Å². The molecule has 0 aliphatic heterocycles. The molecule has 33 rings (SSSR count). The molecular formula is C123H99N3. The van der Waals surface area contributed by atoms with Gasteiger partial charge in [0.15, 0.2) is 0 Å². The van der Waals surface area contributed by atoms with E-state index in [-0.39, 0.29) is 16.2 Å². The van der Waals surface area contributed by atoms with E-state index < -0.39 is 0 Å². The van der Waals surface area contributed by atoms with Crippen LogP contribution in [0.25, 0.3) is 165 Å². The molecule has 0 radical (unpaired) electrons. The molecule has 15 aliphatic carbocycles. The van der Waals surface area contributed by atoms with Crippen LogP contribution < -0.4 is 0 Å². The minimum absolute atomic E-state index is 0.175. The number of hydrogen-bond donors (Lipinski definition) is 0. The summed E-state index contributed by atoms with van der Waals surface area (Å²) < 4.78 is 0. The standard InChI is InChI=1S/3C41H33N/c1-3-12-35-33(10-1)39(34-11-2-4-13-36(34)40(35)28-8-7-17-42-24-28)27-15-16-32-31-9-5-6-14-37(31)41(38(32)23-27)29-19-25-18-26(21-29)22-30(41)20-25;1-3-12-34-32(10-1)39(33-11-2-4-13-35(33)40(34)38-15-7-8-18-42-38)27-16-17-31-30-9-5-6-14-36(30)41(37(31)24-27)28-20-25-19-26(22-28)23-29(41)21-25;1-3-10-35-33(8-1)39(27-15-17-42-18-16-27)34-9-2-4-11-36(34)40(35)28-13-14-32-31-7-5-6-12-37(31)41(38(32)24-28)29-20-25-19-26(22-29)23-30(41)21-25/h1-17,23-26,29-30H,18-22H2;1-18,24-26,28-29H,19-23H2;1-18,24-26,29-30H,19-23H2. The summed E-state index contributed by atoms with van der Waals surface area (Å²) in [5, 5.41) is 15.7. The molecular weight excluding hydrogens is 1520 g/mol. The predicted molar refractivity (Wildman–Crippen MR) is 520 cm³/mol. The Morgan fingerprint density at radius 1 is 0.183 bits per heavy atom. The molecule has 15 aromatic carbocycles. The third kappa shape index (κ3) is 10.1. The topological polar surface area (TPSA) is 38.7 Å². The molecule has 126 heavy (non-hydrogen) atoms. The molecule has 12 fully saturated rings. The smallest absolute Gasteiger partial charge is 0.0714 e. The summed E-state index contributed by atoms with van der Waals surface area (Å²) in [4.78, 5) is 13.6. The third-order valence-corrected chi connectivity index (χ3v) is 35.2. The van der Waals surface area contributed by atoms with E-state index in [4.69, 9.17) is 4.98 Å². The van der Waals surface area contributed by atoms with Gasteiger partial charge in [0, 0.05) is 58.4 Å². The normalized spacial score (nSPS) is 26.7. The van der Waals surface area contributed by atoms with Crippen molar-refractivity contribution in [1.29, 1.82) is 0 Å². The predicted octanol–water partition coefficient (Wildman–Crippen LogP) is 31.3. The second-order valence-electron chi connectivity index (χ2n) is 40.7. The van der Waals surface area contributed by atoms with E-state index in [0.717, 1.165) is 76.7 Å². The van der Waals surface area contributed by atoms with Crippen molar-refractivity contribution in [2.75, 3.05) is 0 Å². The maximum atomic E-state index is 4.82. The van der Waals surface area contributed by atoms with Crippen molar-refractivity contribution >= 4 is 64.6 Å². The molecule has 3 nitrogen and oxygen atoms in total. The molecule has 12 bridgehead atoms. The van der Waals surface area contributed by atoms with E-state index in [1.54, 1.807) is 33.4 Å². The Kier molecular flexibility index (Phi) is 15.9. The Morgan fingerprint density at radius 3 is 0.746 bits per heavy atom. The van der Waals surface area contributed by atoms with Crippen LogP contribution in [-0.2, 0) is 16.2 Å². The zero-order valence-corrected chi connectivity index (χ0v) is 71.3. The Hall–Kier alpha value is -12.7. The highest BCUT2D eigenvalue weighted by Crippen LogP contribution is 2.74. The lowest BCUT2D eigenvalue weighted by molar-refractivity contribution is -0.0399. The van der Waals surface area contributed by atoms with Gasteiger partial charge in [0.2, 0.25) is 0 Å². The monoisotopic (exact) mass is 1620 g/mol. The first kappa shape index (κ1) is 72.6. The van der Waals surface area contributed by atoms with Crippen molar-refractivity contribution < 1.29 is 0 Å². The van der Waals surface area contributed by atoms with Gasteiger partial charge < -0.3 is 0 Å². The highest BCUT2D eigenvalue weighted by atomic mass is 14.7. The van der Waals surface area contributed by atoms with E-state index in [0.29, 0.717) is 0 Å². The molecule has 3 heteroatoms. The van der Waals surface area contributed by atoms with Gasteiger partial charge in [-0.15, -0.1) is 0 Å². The van der Waals surface area contributed by atoms with Crippen molar-refractivity contribution in [1.82, 2.24) is 15.0 Å². The highest BCUT2D eigenvalue weighted by molar-refractivity contribution is 6.24. The van der Waals surface area contributed by atoms with Crippen LogP contribution in [0.3, 0.4) is 0 Å². The van der Waals surface area contributed by atoms with E-state index in [9.17, 15) is 0 Å². The molecule has 0 saturated heterocycles. The maximum Gasteiger partial charge on any atom is 0.0714 e. The van der Waals surface area contributed by atoms with Gasteiger partial charge in [-0.2, -0.15) is 0 Å². The first-order valence-electron chi connectivity index (χ1n) is 47.7. The van der Waals surface area contributed by atoms with E-state index >= 15 is 0 Å². The molecule has 0 atom stereocenters. The van der Waals surface area contributed by atoms with Crippen molar-refractivity contribution in [2.24, 2.45) is 71.0 Å². The summed E-state index contributed by atoms with van der Waals surface area (Å²) >= 11 is 0. The summed E-state index contributed by atoms with van der Waals surface area (Å²) in [7, 11) is 0. The average Bonchev–Trinajstić information content (AvgIpc) is 1.51. The fourth-order valence-electron chi connectivity index (χ4n) is 31.7. The van der Waals surface area contributed by atoms with Gasteiger partial charge in [0.25, 0.3) is 0 Å². The average molecular weight is 1620 g/mol. The molecule has 0 unspecified atom stereocenters. The summed E-state index contributed by atoms with van der Waals surface area (Å²) in [6.07, 6.45) is 31.0. The summed E-state index contributed by atoms with van der Waals surface area (Å²) in [6, 6.07) is 120. The molecule has 0 amide bonds. The van der Waals surface area contributed by atoms with Crippen LogP contribution >= 0.6 is 0 Å². The van der Waals surface area contributed by atoms with Gasteiger partial charge >= 0.3 is 0 Å². The van der Waals surface area contributed by atoms with Crippen LogP contribution in [0.2, 0.25) is 0 Å². The first-order chi connectivity index (χ1) is 62.4. The first-order valence-corrected chi connectivity index (χ1v) is 47.7. The fourth-order valence-corrected chi connectivity index (χ4v) is 31.7.